The molecule has 0 aliphatic carbocycles. The number of amides is 1. The summed E-state index contributed by atoms with van der Waals surface area (Å²) in [4.78, 5) is 17.4. The second-order valence-electron chi connectivity index (χ2n) is 5.82. The summed E-state index contributed by atoms with van der Waals surface area (Å²) < 4.78 is 5.55. The molecule has 0 unspecified atom stereocenters. The molecule has 0 saturated carbocycles. The van der Waals surface area contributed by atoms with Gasteiger partial charge in [0, 0.05) is 5.02 Å². The van der Waals surface area contributed by atoms with Gasteiger partial charge in [-0.25, -0.2) is 4.99 Å². The first kappa shape index (κ1) is 18.5. The fraction of sp³-hybridized carbons (Fsp3) is 0.200. The van der Waals surface area contributed by atoms with Gasteiger partial charge in [-0.3, -0.25) is 4.79 Å². The number of carbonyl (C=O) groups is 1. The fourth-order valence-electron chi connectivity index (χ4n) is 2.54. The van der Waals surface area contributed by atoms with Gasteiger partial charge in [0.1, 0.15) is 5.75 Å². The SMILES string of the molecule is CCOc1ccc(/C=C2/SC(=Nc3cccc(Cl)c3C)NC2=O)cc1C. The van der Waals surface area contributed by atoms with E-state index in [4.69, 9.17) is 16.3 Å². The molecule has 0 atom stereocenters. The Kier molecular flexibility index (Phi) is 5.69. The van der Waals surface area contributed by atoms with Crippen LogP contribution in [-0.4, -0.2) is 17.7 Å². The standard InChI is InChI=1S/C20H19ClN2O2S/c1-4-25-17-9-8-14(10-12(17)2)11-18-19(24)23-20(26-18)22-16-7-5-6-15(21)13(16)3/h5-11H,4H2,1-3H3,(H,22,23,24)/b18-11+. The first-order chi connectivity index (χ1) is 12.5. The van der Waals surface area contributed by atoms with Gasteiger partial charge in [0.05, 0.1) is 17.2 Å². The molecule has 1 saturated heterocycles. The van der Waals surface area contributed by atoms with E-state index in [2.05, 4.69) is 10.3 Å². The lowest BCUT2D eigenvalue weighted by Crippen LogP contribution is -2.19. The molecule has 2 aromatic carbocycles. The topological polar surface area (TPSA) is 50.7 Å². The van der Waals surface area contributed by atoms with Crippen LogP contribution >= 0.6 is 23.4 Å². The summed E-state index contributed by atoms with van der Waals surface area (Å²) >= 11 is 7.45. The predicted octanol–water partition coefficient (Wildman–Crippen LogP) is 5.25. The van der Waals surface area contributed by atoms with E-state index in [0.29, 0.717) is 21.7 Å². The minimum Gasteiger partial charge on any atom is -0.494 e. The second-order valence-corrected chi connectivity index (χ2v) is 7.26. The fourth-order valence-corrected chi connectivity index (χ4v) is 3.54. The van der Waals surface area contributed by atoms with E-state index in [1.165, 1.54) is 11.8 Å². The number of rotatable bonds is 4. The molecular weight excluding hydrogens is 368 g/mol. The van der Waals surface area contributed by atoms with Gasteiger partial charge < -0.3 is 10.1 Å². The van der Waals surface area contributed by atoms with Gasteiger partial charge in [-0.15, -0.1) is 0 Å². The summed E-state index contributed by atoms with van der Waals surface area (Å²) in [7, 11) is 0. The van der Waals surface area contributed by atoms with Crippen LogP contribution in [0.2, 0.25) is 5.02 Å². The number of nitrogens with zero attached hydrogens (tertiary/aromatic N) is 1. The smallest absolute Gasteiger partial charge is 0.264 e. The molecule has 1 heterocycles. The van der Waals surface area contributed by atoms with Crippen molar-refractivity contribution in [2.45, 2.75) is 20.8 Å². The Morgan fingerprint density at radius 1 is 1.27 bits per heavy atom. The third-order valence-corrected chi connectivity index (χ3v) is 5.23. The van der Waals surface area contributed by atoms with Gasteiger partial charge in [0.15, 0.2) is 5.17 Å². The lowest BCUT2D eigenvalue weighted by molar-refractivity contribution is -0.115. The maximum Gasteiger partial charge on any atom is 0.264 e. The van der Waals surface area contributed by atoms with Crippen LogP contribution in [0.15, 0.2) is 46.3 Å². The first-order valence-electron chi connectivity index (χ1n) is 8.26. The monoisotopic (exact) mass is 386 g/mol. The minimum absolute atomic E-state index is 0.153. The van der Waals surface area contributed by atoms with Crippen LogP contribution in [0.5, 0.6) is 5.75 Å². The number of amidine groups is 1. The number of aliphatic imine (C=N–C) groups is 1. The number of hydrogen-bond acceptors (Lipinski definition) is 4. The average Bonchev–Trinajstić information content (AvgIpc) is 2.94. The van der Waals surface area contributed by atoms with E-state index < -0.39 is 0 Å². The zero-order chi connectivity index (χ0) is 18.7. The Bertz CT molecular complexity index is 922. The molecule has 134 valence electrons. The molecule has 0 spiro atoms. The van der Waals surface area contributed by atoms with Crippen molar-refractivity contribution < 1.29 is 9.53 Å². The molecule has 1 N–H and O–H groups in total. The van der Waals surface area contributed by atoms with Gasteiger partial charge >= 0.3 is 0 Å². The Labute approximate surface area is 162 Å². The van der Waals surface area contributed by atoms with Crippen molar-refractivity contribution in [3.8, 4) is 5.75 Å². The van der Waals surface area contributed by atoms with Gasteiger partial charge in [-0.05, 0) is 79.6 Å². The van der Waals surface area contributed by atoms with Crippen LogP contribution in [0, 0.1) is 13.8 Å². The van der Waals surface area contributed by atoms with Crippen molar-refractivity contribution in [1.29, 1.82) is 0 Å². The first-order valence-corrected chi connectivity index (χ1v) is 9.45. The third-order valence-electron chi connectivity index (χ3n) is 3.91. The zero-order valence-electron chi connectivity index (χ0n) is 14.8. The van der Waals surface area contributed by atoms with Gasteiger partial charge in [-0.1, -0.05) is 23.7 Å². The van der Waals surface area contributed by atoms with Crippen molar-refractivity contribution >= 4 is 46.2 Å². The van der Waals surface area contributed by atoms with Gasteiger partial charge in [0.2, 0.25) is 0 Å². The molecular formula is C20H19ClN2O2S. The summed E-state index contributed by atoms with van der Waals surface area (Å²) in [6, 6.07) is 11.4. The van der Waals surface area contributed by atoms with Crippen LogP contribution in [-0.2, 0) is 4.79 Å². The highest BCUT2D eigenvalue weighted by Gasteiger charge is 2.24. The summed E-state index contributed by atoms with van der Waals surface area (Å²) in [5.74, 6) is 0.705. The summed E-state index contributed by atoms with van der Waals surface area (Å²) in [5.41, 5.74) is 3.62. The maximum absolute atomic E-state index is 12.3. The molecule has 0 aromatic heterocycles. The van der Waals surface area contributed by atoms with E-state index in [-0.39, 0.29) is 5.91 Å². The normalized spacial score (nSPS) is 17.0. The molecule has 1 aliphatic rings. The number of carbonyl (C=O) groups excluding carboxylic acids is 1. The quantitative estimate of drug-likeness (QED) is 0.730. The van der Waals surface area contributed by atoms with Crippen molar-refractivity contribution in [3.63, 3.8) is 0 Å². The van der Waals surface area contributed by atoms with Crippen molar-refractivity contribution in [2.24, 2.45) is 4.99 Å². The van der Waals surface area contributed by atoms with Crippen molar-refractivity contribution in [1.82, 2.24) is 5.32 Å². The van der Waals surface area contributed by atoms with E-state index in [0.717, 1.165) is 28.1 Å². The van der Waals surface area contributed by atoms with Crippen molar-refractivity contribution in [2.75, 3.05) is 6.61 Å². The Hall–Kier alpha value is -2.24. The molecule has 1 fully saturated rings. The van der Waals surface area contributed by atoms with Crippen molar-refractivity contribution in [3.05, 3.63) is 63.0 Å². The van der Waals surface area contributed by atoms with Crippen LogP contribution in [0.4, 0.5) is 5.69 Å². The van der Waals surface area contributed by atoms with E-state index in [1.54, 1.807) is 0 Å². The molecule has 0 radical (unpaired) electrons. The number of thioether (sulfide) groups is 1. The molecule has 6 heteroatoms. The lowest BCUT2D eigenvalue weighted by atomic mass is 10.1. The molecule has 0 bridgehead atoms. The molecule has 1 amide bonds. The van der Waals surface area contributed by atoms with E-state index in [1.807, 2.05) is 63.2 Å². The minimum atomic E-state index is -0.153. The Morgan fingerprint density at radius 2 is 2.08 bits per heavy atom. The number of nitrogens with one attached hydrogen (secondary N) is 1. The molecule has 2 aromatic rings. The number of ether oxygens (including phenoxy) is 1. The van der Waals surface area contributed by atoms with Gasteiger partial charge in [-0.2, -0.15) is 0 Å². The Balaban J connectivity index is 1.83. The highest BCUT2D eigenvalue weighted by molar-refractivity contribution is 8.18. The van der Waals surface area contributed by atoms with Crippen LogP contribution in [0.3, 0.4) is 0 Å². The molecule has 26 heavy (non-hydrogen) atoms. The summed E-state index contributed by atoms with van der Waals surface area (Å²) in [6.07, 6.45) is 1.86. The zero-order valence-corrected chi connectivity index (χ0v) is 16.4. The number of hydrogen-bond donors (Lipinski definition) is 1. The van der Waals surface area contributed by atoms with Gasteiger partial charge in [0.25, 0.3) is 5.91 Å². The maximum atomic E-state index is 12.3. The highest BCUT2D eigenvalue weighted by atomic mass is 35.5. The summed E-state index contributed by atoms with van der Waals surface area (Å²) in [5, 5.41) is 4.01. The lowest BCUT2D eigenvalue weighted by Gasteiger charge is -2.07. The number of aryl methyl sites for hydroxylation is 1. The van der Waals surface area contributed by atoms with Crippen LogP contribution in [0.1, 0.15) is 23.6 Å². The average molecular weight is 387 g/mol. The van der Waals surface area contributed by atoms with Crippen LogP contribution in [0.25, 0.3) is 6.08 Å². The highest BCUT2D eigenvalue weighted by Crippen LogP contribution is 2.31. The van der Waals surface area contributed by atoms with Crippen LogP contribution < -0.4 is 10.1 Å². The van der Waals surface area contributed by atoms with E-state index >= 15 is 0 Å². The largest absolute Gasteiger partial charge is 0.494 e. The summed E-state index contributed by atoms with van der Waals surface area (Å²) in [6.45, 7) is 6.48. The molecule has 4 nitrogen and oxygen atoms in total. The molecule has 3 rings (SSSR count). The van der Waals surface area contributed by atoms with E-state index in [9.17, 15) is 4.79 Å². The molecule has 1 aliphatic heterocycles. The number of benzene rings is 2. The second kappa shape index (κ2) is 7.98. The third kappa shape index (κ3) is 4.11. The number of halogens is 1. The Morgan fingerprint density at radius 3 is 2.81 bits per heavy atom. The predicted molar refractivity (Wildman–Crippen MR) is 109 cm³/mol.